The van der Waals surface area contributed by atoms with Gasteiger partial charge in [-0.05, 0) is 27.6 Å². The molecular formula is C5H5BrClNO2S. The number of aromatic amines is 1. The van der Waals surface area contributed by atoms with Crippen LogP contribution in [0.15, 0.2) is 16.9 Å². The SMILES string of the molecule is O=S(=O)(Cl)Cc1c[nH]c(Br)c1. The molecule has 0 saturated heterocycles. The van der Waals surface area contributed by atoms with Gasteiger partial charge in [-0.1, -0.05) is 0 Å². The van der Waals surface area contributed by atoms with E-state index in [1.807, 2.05) is 0 Å². The average Bonchev–Trinajstić information content (AvgIpc) is 2.10. The fourth-order valence-electron chi connectivity index (χ4n) is 0.690. The van der Waals surface area contributed by atoms with Crippen LogP contribution in [0.3, 0.4) is 0 Å². The minimum Gasteiger partial charge on any atom is -0.356 e. The van der Waals surface area contributed by atoms with Crippen molar-refractivity contribution in [2.45, 2.75) is 5.75 Å². The summed E-state index contributed by atoms with van der Waals surface area (Å²) < 4.78 is 21.8. The zero-order chi connectivity index (χ0) is 8.48. The van der Waals surface area contributed by atoms with Crippen molar-refractivity contribution in [3.63, 3.8) is 0 Å². The first-order chi connectivity index (χ1) is 4.97. The van der Waals surface area contributed by atoms with E-state index in [1.165, 1.54) is 0 Å². The van der Waals surface area contributed by atoms with Crippen LogP contribution in [0.25, 0.3) is 0 Å². The van der Waals surface area contributed by atoms with Gasteiger partial charge in [-0.2, -0.15) is 0 Å². The topological polar surface area (TPSA) is 49.9 Å². The standard InChI is InChI=1S/C5H5BrClNO2S/c6-5-1-4(2-8-5)3-11(7,9)10/h1-2,8H,3H2. The lowest BCUT2D eigenvalue weighted by atomic mass is 10.4. The summed E-state index contributed by atoms with van der Waals surface area (Å²) in [5.74, 6) is -0.142. The molecule has 6 heteroatoms. The van der Waals surface area contributed by atoms with E-state index in [2.05, 4.69) is 20.9 Å². The van der Waals surface area contributed by atoms with E-state index < -0.39 is 9.05 Å². The van der Waals surface area contributed by atoms with Crippen molar-refractivity contribution >= 4 is 35.7 Å². The normalized spacial score (nSPS) is 11.8. The molecule has 0 amide bonds. The molecule has 11 heavy (non-hydrogen) atoms. The molecule has 0 atom stereocenters. The summed E-state index contributed by atoms with van der Waals surface area (Å²) in [6, 6.07) is 1.67. The van der Waals surface area contributed by atoms with Crippen LogP contribution >= 0.6 is 26.6 Å². The molecular weight excluding hydrogens is 253 g/mol. The van der Waals surface area contributed by atoms with Gasteiger partial charge >= 0.3 is 0 Å². The Balaban J connectivity index is 2.81. The van der Waals surface area contributed by atoms with E-state index >= 15 is 0 Å². The lowest BCUT2D eigenvalue weighted by Gasteiger charge is -1.88. The van der Waals surface area contributed by atoms with Gasteiger partial charge in [-0.3, -0.25) is 0 Å². The maximum Gasteiger partial charge on any atom is 0.236 e. The van der Waals surface area contributed by atoms with Gasteiger partial charge in [0.1, 0.15) is 0 Å². The van der Waals surface area contributed by atoms with Crippen molar-refractivity contribution in [1.82, 2.24) is 4.98 Å². The van der Waals surface area contributed by atoms with Gasteiger partial charge < -0.3 is 4.98 Å². The largest absolute Gasteiger partial charge is 0.356 e. The van der Waals surface area contributed by atoms with Crippen LogP contribution in [-0.2, 0) is 14.8 Å². The smallest absolute Gasteiger partial charge is 0.236 e. The second kappa shape index (κ2) is 3.16. The third-order valence-electron chi connectivity index (χ3n) is 1.05. The van der Waals surface area contributed by atoms with Crippen molar-refractivity contribution in [2.24, 2.45) is 0 Å². The average molecular weight is 259 g/mol. The highest BCUT2D eigenvalue weighted by Crippen LogP contribution is 2.14. The van der Waals surface area contributed by atoms with Crippen LogP contribution in [-0.4, -0.2) is 13.4 Å². The fourth-order valence-corrected chi connectivity index (χ4v) is 2.04. The molecule has 0 saturated carbocycles. The lowest BCUT2D eigenvalue weighted by Crippen LogP contribution is -1.92. The van der Waals surface area contributed by atoms with Crippen LogP contribution in [0, 0.1) is 0 Å². The third kappa shape index (κ3) is 3.27. The third-order valence-corrected chi connectivity index (χ3v) is 2.51. The molecule has 3 nitrogen and oxygen atoms in total. The molecule has 0 aromatic carbocycles. The number of H-pyrrole nitrogens is 1. The Morgan fingerprint density at radius 2 is 2.27 bits per heavy atom. The van der Waals surface area contributed by atoms with E-state index in [4.69, 9.17) is 10.7 Å². The first kappa shape index (κ1) is 9.09. The van der Waals surface area contributed by atoms with Gasteiger partial charge in [-0.25, -0.2) is 8.42 Å². The number of halogens is 2. The first-order valence-corrected chi connectivity index (χ1v) is 5.99. The second-order valence-corrected chi connectivity index (χ2v) is 5.67. The predicted molar refractivity (Wildman–Crippen MR) is 47.0 cm³/mol. The highest BCUT2D eigenvalue weighted by molar-refractivity contribution is 9.10. The van der Waals surface area contributed by atoms with Crippen LogP contribution in [0.4, 0.5) is 0 Å². The molecule has 1 aromatic rings. The number of hydrogen-bond acceptors (Lipinski definition) is 2. The molecule has 0 radical (unpaired) electrons. The van der Waals surface area contributed by atoms with Crippen molar-refractivity contribution < 1.29 is 8.42 Å². The molecule has 0 bridgehead atoms. The molecule has 1 heterocycles. The number of nitrogens with one attached hydrogen (secondary N) is 1. The van der Waals surface area contributed by atoms with Crippen molar-refractivity contribution in [2.75, 3.05) is 0 Å². The Kier molecular flexibility index (Phi) is 2.61. The molecule has 0 unspecified atom stereocenters. The minimum atomic E-state index is -3.43. The highest BCUT2D eigenvalue weighted by atomic mass is 79.9. The zero-order valence-electron chi connectivity index (χ0n) is 5.34. The van der Waals surface area contributed by atoms with Crippen LogP contribution < -0.4 is 0 Å². The Morgan fingerprint density at radius 3 is 2.64 bits per heavy atom. The molecule has 1 rings (SSSR count). The number of hydrogen-bond donors (Lipinski definition) is 1. The van der Waals surface area contributed by atoms with E-state index in [1.54, 1.807) is 12.3 Å². The molecule has 0 aliphatic carbocycles. The van der Waals surface area contributed by atoms with Gasteiger partial charge in [0.05, 0.1) is 10.4 Å². The fraction of sp³-hybridized carbons (Fsp3) is 0.200. The number of aromatic nitrogens is 1. The summed E-state index contributed by atoms with van der Waals surface area (Å²) >= 11 is 3.15. The Bertz CT molecular complexity index is 345. The zero-order valence-corrected chi connectivity index (χ0v) is 8.50. The molecule has 0 aliphatic rings. The molecule has 1 aromatic heterocycles. The van der Waals surface area contributed by atoms with Crippen molar-refractivity contribution in [1.29, 1.82) is 0 Å². The summed E-state index contributed by atoms with van der Waals surface area (Å²) in [5, 5.41) is 0. The lowest BCUT2D eigenvalue weighted by molar-refractivity contribution is 0.609. The molecule has 1 N–H and O–H groups in total. The highest BCUT2D eigenvalue weighted by Gasteiger charge is 2.07. The van der Waals surface area contributed by atoms with Crippen molar-refractivity contribution in [3.8, 4) is 0 Å². The van der Waals surface area contributed by atoms with E-state index in [9.17, 15) is 8.42 Å². The van der Waals surface area contributed by atoms with Crippen LogP contribution in [0.5, 0.6) is 0 Å². The second-order valence-electron chi connectivity index (χ2n) is 2.04. The summed E-state index contributed by atoms with van der Waals surface area (Å²) in [6.07, 6.45) is 1.59. The summed E-state index contributed by atoms with van der Waals surface area (Å²) in [7, 11) is 1.59. The molecule has 0 fully saturated rings. The summed E-state index contributed by atoms with van der Waals surface area (Å²) in [4.78, 5) is 2.78. The minimum absolute atomic E-state index is 0.142. The van der Waals surface area contributed by atoms with Gasteiger partial charge in [0.15, 0.2) is 0 Å². The Labute approximate surface area is 77.3 Å². The number of rotatable bonds is 2. The maximum absolute atomic E-state index is 10.5. The van der Waals surface area contributed by atoms with Gasteiger partial charge in [-0.15, -0.1) is 0 Å². The van der Waals surface area contributed by atoms with Gasteiger partial charge in [0.25, 0.3) is 0 Å². The summed E-state index contributed by atoms with van der Waals surface area (Å²) in [5.41, 5.74) is 0.645. The summed E-state index contributed by atoms with van der Waals surface area (Å²) in [6.45, 7) is 0. The van der Waals surface area contributed by atoms with E-state index in [0.29, 0.717) is 5.56 Å². The maximum atomic E-state index is 10.5. The first-order valence-electron chi connectivity index (χ1n) is 2.72. The Morgan fingerprint density at radius 1 is 1.64 bits per heavy atom. The molecule has 0 spiro atoms. The van der Waals surface area contributed by atoms with Crippen LogP contribution in [0.1, 0.15) is 5.56 Å². The van der Waals surface area contributed by atoms with Gasteiger partial charge in [0.2, 0.25) is 9.05 Å². The molecule has 0 aliphatic heterocycles. The predicted octanol–water partition coefficient (Wildman–Crippen LogP) is 1.85. The van der Waals surface area contributed by atoms with E-state index in [-0.39, 0.29) is 5.75 Å². The monoisotopic (exact) mass is 257 g/mol. The van der Waals surface area contributed by atoms with E-state index in [0.717, 1.165) is 4.60 Å². The molecule has 62 valence electrons. The van der Waals surface area contributed by atoms with Crippen LogP contribution in [0.2, 0.25) is 0 Å². The van der Waals surface area contributed by atoms with Crippen molar-refractivity contribution in [3.05, 3.63) is 22.4 Å². The Hall–Kier alpha value is -0.000000000000000111. The van der Waals surface area contributed by atoms with Gasteiger partial charge in [0, 0.05) is 16.9 Å². The quantitative estimate of drug-likeness (QED) is 0.823.